The summed E-state index contributed by atoms with van der Waals surface area (Å²) in [4.78, 5) is 22.8. The first-order chi connectivity index (χ1) is 50.3. The van der Waals surface area contributed by atoms with Crippen molar-refractivity contribution in [3.63, 3.8) is 0 Å². The van der Waals surface area contributed by atoms with Crippen molar-refractivity contribution < 1.29 is 0 Å². The van der Waals surface area contributed by atoms with Gasteiger partial charge in [-0.2, -0.15) is 0 Å². The molecule has 0 fully saturated rings. The third-order valence-corrected chi connectivity index (χ3v) is 22.0. The van der Waals surface area contributed by atoms with Crippen LogP contribution in [0.5, 0.6) is 0 Å². The average molecular weight is 1320 g/mol. The molecule has 486 valence electrons. The van der Waals surface area contributed by atoms with Gasteiger partial charge in [-0.1, -0.05) is 284 Å². The van der Waals surface area contributed by atoms with E-state index < -0.39 is 0 Å². The lowest BCUT2D eigenvalue weighted by Crippen LogP contribution is -2.61. The third-order valence-electron chi connectivity index (χ3n) is 22.0. The minimum Gasteiger partial charge on any atom is -0.311 e. The summed E-state index contributed by atoms with van der Waals surface area (Å²) in [5.41, 5.74) is 24.0. The molecule has 2 aliphatic rings. The molecule has 0 aliphatic carbocycles. The van der Waals surface area contributed by atoms with Gasteiger partial charge in [0.25, 0.3) is 6.71 Å². The summed E-state index contributed by atoms with van der Waals surface area (Å²) in [6, 6.07) is 118. The molecule has 103 heavy (non-hydrogen) atoms. The van der Waals surface area contributed by atoms with Gasteiger partial charge >= 0.3 is 0 Å². The smallest absolute Gasteiger partial charge is 0.252 e. The van der Waals surface area contributed by atoms with Crippen molar-refractivity contribution in [2.75, 3.05) is 9.80 Å². The first kappa shape index (κ1) is 60.5. The van der Waals surface area contributed by atoms with Crippen LogP contribution >= 0.6 is 0 Å². The standard InChI is InChI=1S/C97H70BN5/c1-96(2,3)76-39-43-78(44-40-76)102-84-57-75(95-100-93(73-51-69(59-21-11-7-12-22-59)49-70(52-73)60-23-13-8-14-24-60)99-94(101-95)74-53-71(61-25-15-9-16-26-61)50-72(54-74)62-27-17-10-18-28-62)58-85-90(84)98(82-55-67-35-33-63-29-19-31-65-37-47-80(91(82)102)88(67)86(63)65)83-56-68-36-34-64-30-20-32-66-38-48-81(89(68)87(64)66)92(83)103(85)79-45-41-77(42-46-79)97(4,5)6/h7-58H,1-6H3. The number of fused-ring (bicyclic) bond motifs is 6. The van der Waals surface area contributed by atoms with Crippen LogP contribution in [0.4, 0.5) is 34.1 Å². The monoisotopic (exact) mass is 1320 g/mol. The molecule has 0 unspecified atom stereocenters. The fraction of sp³-hybridized carbons (Fsp3) is 0.0825. The number of rotatable bonds is 9. The predicted molar refractivity (Wildman–Crippen MR) is 437 cm³/mol. The zero-order chi connectivity index (χ0) is 69.0. The molecule has 17 aromatic carbocycles. The van der Waals surface area contributed by atoms with Gasteiger partial charge in [-0.05, 0) is 210 Å². The highest BCUT2D eigenvalue weighted by Gasteiger charge is 2.46. The Balaban J connectivity index is 0.940. The van der Waals surface area contributed by atoms with E-state index in [0.717, 1.165) is 83.9 Å². The number of hydrogen-bond donors (Lipinski definition) is 0. The number of benzene rings is 17. The summed E-state index contributed by atoms with van der Waals surface area (Å²) >= 11 is 0. The second-order valence-corrected chi connectivity index (χ2v) is 30.3. The quantitative estimate of drug-likeness (QED) is 0.106. The Labute approximate surface area is 600 Å². The lowest BCUT2D eigenvalue weighted by molar-refractivity contribution is 0.590. The lowest BCUT2D eigenvalue weighted by atomic mass is 9.33. The van der Waals surface area contributed by atoms with Gasteiger partial charge in [0.05, 0.1) is 0 Å². The molecule has 0 bridgehead atoms. The van der Waals surface area contributed by atoms with E-state index in [0.29, 0.717) is 17.5 Å². The normalized spacial score (nSPS) is 12.9. The van der Waals surface area contributed by atoms with Crippen LogP contribution in [0, 0.1) is 0 Å². The van der Waals surface area contributed by atoms with E-state index in [1.54, 1.807) is 0 Å². The van der Waals surface area contributed by atoms with Crippen LogP contribution in [-0.4, -0.2) is 21.7 Å². The fourth-order valence-corrected chi connectivity index (χ4v) is 16.9. The SMILES string of the molecule is CC(C)(C)c1ccc(N2c3cc(-c4nc(-c5cc(-c6ccccc6)cc(-c6ccccc6)c5)nc(-c5cc(-c6ccccc6)cc(-c6ccccc6)c5)n4)cc4c3B(c3cc5ccc6cccc7ccc(c32)c5c67)c2cc3ccc5cccc6ccc(c2N4c2ccc(C(C)(C)C)cc2)c3c56)cc1. The maximum Gasteiger partial charge on any atom is 0.252 e. The molecule has 0 radical (unpaired) electrons. The van der Waals surface area contributed by atoms with E-state index >= 15 is 0 Å². The van der Waals surface area contributed by atoms with Gasteiger partial charge in [-0.15, -0.1) is 0 Å². The largest absolute Gasteiger partial charge is 0.311 e. The summed E-state index contributed by atoms with van der Waals surface area (Å²) < 4.78 is 0. The maximum absolute atomic E-state index is 5.90. The molecule has 2 aliphatic heterocycles. The van der Waals surface area contributed by atoms with E-state index in [1.165, 1.54) is 104 Å². The van der Waals surface area contributed by atoms with Crippen molar-refractivity contribution in [3.05, 3.63) is 327 Å². The highest BCUT2D eigenvalue weighted by Crippen LogP contribution is 2.53. The van der Waals surface area contributed by atoms with E-state index in [4.69, 9.17) is 15.0 Å². The van der Waals surface area contributed by atoms with Gasteiger partial charge in [-0.3, -0.25) is 0 Å². The van der Waals surface area contributed by atoms with E-state index in [2.05, 4.69) is 367 Å². The second-order valence-electron chi connectivity index (χ2n) is 30.3. The molecule has 3 heterocycles. The molecule has 18 aromatic rings. The van der Waals surface area contributed by atoms with Crippen LogP contribution in [0.25, 0.3) is 143 Å². The first-order valence-electron chi connectivity index (χ1n) is 36.0. The highest BCUT2D eigenvalue weighted by atomic mass is 15.2. The maximum atomic E-state index is 5.90. The van der Waals surface area contributed by atoms with Crippen LogP contribution in [0.1, 0.15) is 52.7 Å². The van der Waals surface area contributed by atoms with Crippen molar-refractivity contribution >= 4 is 122 Å². The van der Waals surface area contributed by atoms with E-state index in [9.17, 15) is 0 Å². The number of aromatic nitrogens is 3. The predicted octanol–water partition coefficient (Wildman–Crippen LogP) is 24.0. The Morgan fingerprint density at radius 3 is 0.883 bits per heavy atom. The Kier molecular flexibility index (Phi) is 13.5. The van der Waals surface area contributed by atoms with Crippen molar-refractivity contribution in [2.24, 2.45) is 0 Å². The number of nitrogens with zero attached hydrogens (tertiary/aromatic N) is 5. The molecular weight excluding hydrogens is 1250 g/mol. The molecule has 0 atom stereocenters. The minimum absolute atomic E-state index is 0.0852. The topological polar surface area (TPSA) is 45.2 Å². The Morgan fingerprint density at radius 1 is 0.252 bits per heavy atom. The lowest BCUT2D eigenvalue weighted by Gasteiger charge is -2.45. The molecule has 20 rings (SSSR count). The van der Waals surface area contributed by atoms with Crippen LogP contribution < -0.4 is 26.2 Å². The molecule has 0 spiro atoms. The fourth-order valence-electron chi connectivity index (χ4n) is 16.9. The number of anilines is 6. The third kappa shape index (κ3) is 9.87. The molecule has 0 amide bonds. The molecular formula is C97H70BN5. The van der Waals surface area contributed by atoms with Crippen LogP contribution in [0.3, 0.4) is 0 Å². The van der Waals surface area contributed by atoms with Crippen molar-refractivity contribution in [3.8, 4) is 78.7 Å². The van der Waals surface area contributed by atoms with Crippen LogP contribution in [0.2, 0.25) is 0 Å². The van der Waals surface area contributed by atoms with Crippen molar-refractivity contribution in [2.45, 2.75) is 52.4 Å². The minimum atomic E-state index is -0.234. The summed E-state index contributed by atoms with van der Waals surface area (Å²) in [5, 5.41) is 14.9. The summed E-state index contributed by atoms with van der Waals surface area (Å²) in [6.45, 7) is 13.6. The summed E-state index contributed by atoms with van der Waals surface area (Å²) in [7, 11) is 0. The molecule has 0 N–H and O–H groups in total. The average Bonchev–Trinajstić information content (AvgIpc) is 0.676. The molecule has 1 aromatic heterocycles. The van der Waals surface area contributed by atoms with Gasteiger partial charge < -0.3 is 9.80 Å². The van der Waals surface area contributed by atoms with Crippen molar-refractivity contribution in [1.82, 2.24) is 15.0 Å². The Bertz CT molecular complexity index is 5890. The summed E-state index contributed by atoms with van der Waals surface area (Å²) in [6.07, 6.45) is 0. The zero-order valence-corrected chi connectivity index (χ0v) is 58.3. The van der Waals surface area contributed by atoms with E-state index in [-0.39, 0.29) is 17.5 Å². The van der Waals surface area contributed by atoms with E-state index in [1.807, 2.05) is 0 Å². The highest BCUT2D eigenvalue weighted by molar-refractivity contribution is 7.01. The van der Waals surface area contributed by atoms with Crippen LogP contribution in [0.15, 0.2) is 315 Å². The van der Waals surface area contributed by atoms with Gasteiger partial charge in [-0.25, -0.2) is 15.0 Å². The molecule has 5 nitrogen and oxygen atoms in total. The van der Waals surface area contributed by atoms with Gasteiger partial charge in [0.1, 0.15) is 0 Å². The second kappa shape index (κ2) is 23.0. The van der Waals surface area contributed by atoms with Gasteiger partial charge in [0.15, 0.2) is 17.5 Å². The number of hydrogen-bond acceptors (Lipinski definition) is 5. The molecule has 6 heteroatoms. The molecule has 0 saturated carbocycles. The Hall–Kier alpha value is -12.5. The zero-order valence-electron chi connectivity index (χ0n) is 58.3. The van der Waals surface area contributed by atoms with Crippen LogP contribution in [-0.2, 0) is 10.8 Å². The Morgan fingerprint density at radius 2 is 0.553 bits per heavy atom. The van der Waals surface area contributed by atoms with Crippen molar-refractivity contribution in [1.29, 1.82) is 0 Å². The molecule has 0 saturated heterocycles. The van der Waals surface area contributed by atoms with Gasteiger partial charge in [0, 0.05) is 61.6 Å². The first-order valence-corrected chi connectivity index (χ1v) is 36.0. The summed E-state index contributed by atoms with van der Waals surface area (Å²) in [5.74, 6) is 1.69. The van der Waals surface area contributed by atoms with Gasteiger partial charge in [0.2, 0.25) is 0 Å².